The molecule has 0 atom stereocenters. The van der Waals surface area contributed by atoms with E-state index in [1.165, 1.54) is 12.1 Å². The van der Waals surface area contributed by atoms with E-state index < -0.39 is 5.82 Å². The van der Waals surface area contributed by atoms with Crippen molar-refractivity contribution < 1.29 is 18.7 Å². The maximum absolute atomic E-state index is 13.8. The van der Waals surface area contributed by atoms with Gasteiger partial charge in [-0.3, -0.25) is 9.59 Å². The van der Waals surface area contributed by atoms with Gasteiger partial charge in [0.15, 0.2) is 0 Å². The van der Waals surface area contributed by atoms with Crippen molar-refractivity contribution in [3.8, 4) is 5.75 Å². The lowest BCUT2D eigenvalue weighted by atomic mass is 10.0. The van der Waals surface area contributed by atoms with Crippen LogP contribution in [0.3, 0.4) is 0 Å². The molecule has 6 heteroatoms. The first-order valence-corrected chi connectivity index (χ1v) is 9.16. The zero-order valence-corrected chi connectivity index (χ0v) is 15.3. The highest BCUT2D eigenvalue weighted by molar-refractivity contribution is 5.95. The summed E-state index contributed by atoms with van der Waals surface area (Å²) in [5, 5.41) is 3.01. The average molecular weight is 370 g/mol. The summed E-state index contributed by atoms with van der Waals surface area (Å²) in [6.45, 7) is 3.46. The molecular weight excluding hydrogens is 347 g/mol. The molecule has 5 nitrogen and oxygen atoms in total. The number of likely N-dealkylation sites (tertiary alicyclic amines) is 1. The Balaban J connectivity index is 1.52. The molecule has 0 bridgehead atoms. The van der Waals surface area contributed by atoms with Gasteiger partial charge in [-0.1, -0.05) is 12.1 Å². The van der Waals surface area contributed by atoms with Gasteiger partial charge >= 0.3 is 0 Å². The van der Waals surface area contributed by atoms with E-state index in [0.29, 0.717) is 38.1 Å². The largest absolute Gasteiger partial charge is 0.494 e. The summed E-state index contributed by atoms with van der Waals surface area (Å²) >= 11 is 0. The Morgan fingerprint density at radius 1 is 1.11 bits per heavy atom. The van der Waals surface area contributed by atoms with Gasteiger partial charge in [-0.25, -0.2) is 4.39 Å². The van der Waals surface area contributed by atoms with Crippen molar-refractivity contribution in [2.45, 2.75) is 25.8 Å². The number of carbonyl (C=O) groups excluding carboxylic acids is 2. The molecule has 2 amide bonds. The molecule has 1 N–H and O–H groups in total. The summed E-state index contributed by atoms with van der Waals surface area (Å²) in [6, 6.07) is 13.0. The molecule has 2 aromatic rings. The fourth-order valence-electron chi connectivity index (χ4n) is 3.17. The number of nitrogens with zero attached hydrogens (tertiary/aromatic N) is 1. The molecule has 2 aromatic carbocycles. The predicted molar refractivity (Wildman–Crippen MR) is 100 cm³/mol. The van der Waals surface area contributed by atoms with Crippen LogP contribution in [0.1, 0.15) is 40.5 Å². The van der Waals surface area contributed by atoms with Crippen molar-refractivity contribution in [1.29, 1.82) is 0 Å². The zero-order valence-electron chi connectivity index (χ0n) is 15.3. The number of halogens is 1. The SMILES string of the molecule is CCOc1ccc(C(=O)NC2CCN(C(=O)c3ccccc3F)CC2)cc1. The van der Waals surface area contributed by atoms with Crippen LogP contribution in [0, 0.1) is 5.82 Å². The normalized spacial score (nSPS) is 14.7. The van der Waals surface area contributed by atoms with Crippen LogP contribution >= 0.6 is 0 Å². The average Bonchev–Trinajstić information content (AvgIpc) is 2.69. The first-order valence-electron chi connectivity index (χ1n) is 9.16. The fraction of sp³-hybridized carbons (Fsp3) is 0.333. The van der Waals surface area contributed by atoms with Crippen molar-refractivity contribution in [2.24, 2.45) is 0 Å². The van der Waals surface area contributed by atoms with Crippen molar-refractivity contribution >= 4 is 11.8 Å². The number of benzene rings is 2. The molecule has 1 saturated heterocycles. The van der Waals surface area contributed by atoms with Crippen LogP contribution in [-0.2, 0) is 0 Å². The van der Waals surface area contributed by atoms with E-state index >= 15 is 0 Å². The van der Waals surface area contributed by atoms with E-state index in [0.717, 1.165) is 5.75 Å². The second-order valence-electron chi connectivity index (χ2n) is 6.48. The van der Waals surface area contributed by atoms with Crippen LogP contribution in [0.25, 0.3) is 0 Å². The summed E-state index contributed by atoms with van der Waals surface area (Å²) in [7, 11) is 0. The second-order valence-corrected chi connectivity index (χ2v) is 6.48. The van der Waals surface area contributed by atoms with E-state index in [-0.39, 0.29) is 23.4 Å². The van der Waals surface area contributed by atoms with E-state index in [1.54, 1.807) is 41.3 Å². The lowest BCUT2D eigenvalue weighted by Gasteiger charge is -2.32. The number of hydrogen-bond acceptors (Lipinski definition) is 3. The molecule has 0 aliphatic carbocycles. The van der Waals surface area contributed by atoms with Gasteiger partial charge in [-0.05, 0) is 56.2 Å². The Labute approximate surface area is 158 Å². The molecule has 0 spiro atoms. The van der Waals surface area contributed by atoms with E-state index in [9.17, 15) is 14.0 Å². The molecule has 0 radical (unpaired) electrons. The number of carbonyl (C=O) groups is 2. The summed E-state index contributed by atoms with van der Waals surface area (Å²) in [5.41, 5.74) is 0.665. The van der Waals surface area contributed by atoms with E-state index in [1.807, 2.05) is 6.92 Å². The number of rotatable bonds is 5. The van der Waals surface area contributed by atoms with Crippen LogP contribution < -0.4 is 10.1 Å². The molecule has 1 aliphatic heterocycles. The lowest BCUT2D eigenvalue weighted by Crippen LogP contribution is -2.46. The van der Waals surface area contributed by atoms with Gasteiger partial charge in [0.05, 0.1) is 12.2 Å². The fourth-order valence-corrected chi connectivity index (χ4v) is 3.17. The van der Waals surface area contributed by atoms with Crippen LogP contribution in [0.4, 0.5) is 4.39 Å². The van der Waals surface area contributed by atoms with Crippen molar-refractivity contribution in [3.05, 3.63) is 65.5 Å². The van der Waals surface area contributed by atoms with Crippen molar-refractivity contribution in [3.63, 3.8) is 0 Å². The van der Waals surface area contributed by atoms with Crippen molar-refractivity contribution in [2.75, 3.05) is 19.7 Å². The summed E-state index contributed by atoms with van der Waals surface area (Å²) in [5.74, 6) is -0.219. The highest BCUT2D eigenvalue weighted by Crippen LogP contribution is 2.17. The minimum Gasteiger partial charge on any atom is -0.494 e. The van der Waals surface area contributed by atoms with Gasteiger partial charge < -0.3 is 15.0 Å². The number of nitrogens with one attached hydrogen (secondary N) is 1. The number of piperidine rings is 1. The first-order chi connectivity index (χ1) is 13.1. The Bertz CT molecular complexity index is 799. The Morgan fingerprint density at radius 3 is 2.41 bits per heavy atom. The van der Waals surface area contributed by atoms with Crippen LogP contribution in [0.15, 0.2) is 48.5 Å². The third-order valence-corrected chi connectivity index (χ3v) is 4.65. The number of hydrogen-bond donors (Lipinski definition) is 1. The maximum atomic E-state index is 13.8. The third kappa shape index (κ3) is 4.64. The molecule has 0 saturated carbocycles. The maximum Gasteiger partial charge on any atom is 0.256 e. The quantitative estimate of drug-likeness (QED) is 0.879. The Hall–Kier alpha value is -2.89. The van der Waals surface area contributed by atoms with Crippen LogP contribution in [0.2, 0.25) is 0 Å². The minimum absolute atomic E-state index is 0.00580. The zero-order chi connectivity index (χ0) is 19.2. The predicted octanol–water partition coefficient (Wildman–Crippen LogP) is 3.26. The van der Waals surface area contributed by atoms with Crippen LogP contribution in [-0.4, -0.2) is 42.5 Å². The highest BCUT2D eigenvalue weighted by Gasteiger charge is 2.26. The Morgan fingerprint density at radius 2 is 1.78 bits per heavy atom. The van der Waals surface area contributed by atoms with Gasteiger partial charge in [-0.2, -0.15) is 0 Å². The molecule has 27 heavy (non-hydrogen) atoms. The second kappa shape index (κ2) is 8.66. The minimum atomic E-state index is -0.506. The summed E-state index contributed by atoms with van der Waals surface area (Å²) in [4.78, 5) is 26.5. The van der Waals surface area contributed by atoms with Gasteiger partial charge in [0.2, 0.25) is 0 Å². The number of ether oxygens (including phenoxy) is 1. The highest BCUT2D eigenvalue weighted by atomic mass is 19.1. The summed E-state index contributed by atoms with van der Waals surface area (Å²) < 4.78 is 19.2. The molecule has 1 heterocycles. The molecule has 3 rings (SSSR count). The van der Waals surface area contributed by atoms with Gasteiger partial charge in [0.1, 0.15) is 11.6 Å². The van der Waals surface area contributed by atoms with Gasteiger partial charge in [-0.15, -0.1) is 0 Å². The van der Waals surface area contributed by atoms with Crippen LogP contribution in [0.5, 0.6) is 5.75 Å². The monoisotopic (exact) mass is 370 g/mol. The molecule has 142 valence electrons. The summed E-state index contributed by atoms with van der Waals surface area (Å²) in [6.07, 6.45) is 1.28. The number of amides is 2. The standard InChI is InChI=1S/C21H23FN2O3/c1-2-27-17-9-7-15(8-10-17)20(25)23-16-11-13-24(14-12-16)21(26)18-5-3-4-6-19(18)22/h3-10,16H,2,11-14H2,1H3,(H,23,25). The van der Waals surface area contributed by atoms with Crippen molar-refractivity contribution in [1.82, 2.24) is 10.2 Å². The third-order valence-electron chi connectivity index (χ3n) is 4.65. The lowest BCUT2D eigenvalue weighted by molar-refractivity contribution is 0.0693. The van der Waals surface area contributed by atoms with E-state index in [4.69, 9.17) is 4.74 Å². The van der Waals surface area contributed by atoms with Gasteiger partial charge in [0.25, 0.3) is 11.8 Å². The Kier molecular flexibility index (Phi) is 6.06. The smallest absolute Gasteiger partial charge is 0.256 e. The molecule has 0 aromatic heterocycles. The molecule has 1 fully saturated rings. The topological polar surface area (TPSA) is 58.6 Å². The van der Waals surface area contributed by atoms with Gasteiger partial charge in [0, 0.05) is 24.7 Å². The van der Waals surface area contributed by atoms with E-state index in [2.05, 4.69) is 5.32 Å². The first kappa shape index (κ1) is 18.9. The molecule has 1 aliphatic rings. The molecule has 0 unspecified atom stereocenters. The molecular formula is C21H23FN2O3.